The second kappa shape index (κ2) is 5.85. The first-order chi connectivity index (χ1) is 8.65. The lowest BCUT2D eigenvalue weighted by Crippen LogP contribution is -2.43. The third-order valence-electron chi connectivity index (χ3n) is 4.21. The zero-order valence-electron chi connectivity index (χ0n) is 11.9. The Kier molecular flexibility index (Phi) is 4.41. The smallest absolute Gasteiger partial charge is 0.0675 e. The van der Waals surface area contributed by atoms with E-state index < -0.39 is 0 Å². The van der Waals surface area contributed by atoms with Crippen molar-refractivity contribution < 1.29 is 4.74 Å². The Hall–Kier alpha value is -0.860. The summed E-state index contributed by atoms with van der Waals surface area (Å²) in [4.78, 5) is 2.54. The molecule has 0 saturated carbocycles. The molecule has 0 radical (unpaired) electrons. The molecule has 0 aliphatic carbocycles. The van der Waals surface area contributed by atoms with Gasteiger partial charge >= 0.3 is 0 Å². The molecule has 0 N–H and O–H groups in total. The molecule has 1 saturated heterocycles. The fraction of sp³-hybridized carbons (Fsp3) is 0.625. The second-order valence-corrected chi connectivity index (χ2v) is 5.60. The highest BCUT2D eigenvalue weighted by Crippen LogP contribution is 2.25. The summed E-state index contributed by atoms with van der Waals surface area (Å²) < 4.78 is 5.59. The van der Waals surface area contributed by atoms with Gasteiger partial charge in [0, 0.05) is 26.7 Å². The van der Waals surface area contributed by atoms with Gasteiger partial charge in [-0.25, -0.2) is 0 Å². The third-order valence-corrected chi connectivity index (χ3v) is 4.21. The van der Waals surface area contributed by atoms with Crippen molar-refractivity contribution in [2.24, 2.45) is 0 Å². The fourth-order valence-corrected chi connectivity index (χ4v) is 2.59. The Balaban J connectivity index is 1.91. The Morgan fingerprint density at radius 2 is 1.89 bits per heavy atom. The van der Waals surface area contributed by atoms with Gasteiger partial charge in [-0.3, -0.25) is 4.90 Å². The van der Waals surface area contributed by atoms with Crippen LogP contribution in [-0.4, -0.2) is 30.7 Å². The number of ether oxygens (including phenoxy) is 1. The highest BCUT2D eigenvalue weighted by Gasteiger charge is 2.29. The van der Waals surface area contributed by atoms with Gasteiger partial charge in [-0.1, -0.05) is 31.2 Å². The summed E-state index contributed by atoms with van der Waals surface area (Å²) in [7, 11) is 1.83. The molecular formula is C16H25NO. The average molecular weight is 247 g/mol. The summed E-state index contributed by atoms with van der Waals surface area (Å²) >= 11 is 0. The molecule has 18 heavy (non-hydrogen) atoms. The van der Waals surface area contributed by atoms with Crippen molar-refractivity contribution >= 4 is 0 Å². The van der Waals surface area contributed by atoms with E-state index in [1.807, 2.05) is 7.11 Å². The third kappa shape index (κ3) is 3.33. The summed E-state index contributed by atoms with van der Waals surface area (Å²) in [6, 6.07) is 8.96. The van der Waals surface area contributed by atoms with Crippen molar-refractivity contribution in [3.05, 3.63) is 35.4 Å². The van der Waals surface area contributed by atoms with E-state index in [0.29, 0.717) is 0 Å². The van der Waals surface area contributed by atoms with Gasteiger partial charge in [0.25, 0.3) is 0 Å². The van der Waals surface area contributed by atoms with E-state index in [1.165, 1.54) is 11.1 Å². The van der Waals surface area contributed by atoms with Crippen molar-refractivity contribution in [2.45, 2.75) is 45.3 Å². The van der Waals surface area contributed by atoms with E-state index in [4.69, 9.17) is 4.74 Å². The summed E-state index contributed by atoms with van der Waals surface area (Å²) in [6.07, 6.45) is 3.39. The molecule has 2 heteroatoms. The van der Waals surface area contributed by atoms with Crippen LogP contribution in [0.5, 0.6) is 0 Å². The van der Waals surface area contributed by atoms with Crippen LogP contribution in [0.3, 0.4) is 0 Å². The van der Waals surface area contributed by atoms with Crippen LogP contribution in [0.1, 0.15) is 37.8 Å². The largest absolute Gasteiger partial charge is 0.378 e. The number of likely N-dealkylation sites (tertiary alicyclic amines) is 1. The van der Waals surface area contributed by atoms with Gasteiger partial charge in [0.05, 0.1) is 5.60 Å². The molecule has 2 nitrogen and oxygen atoms in total. The number of hydrogen-bond donors (Lipinski definition) is 0. The van der Waals surface area contributed by atoms with Gasteiger partial charge in [0.1, 0.15) is 0 Å². The molecule has 1 aromatic rings. The molecule has 0 atom stereocenters. The number of rotatable bonds is 4. The quantitative estimate of drug-likeness (QED) is 0.810. The maximum absolute atomic E-state index is 5.59. The van der Waals surface area contributed by atoms with Gasteiger partial charge in [0.2, 0.25) is 0 Å². The first kappa shape index (κ1) is 13.6. The normalized spacial score (nSPS) is 19.9. The zero-order chi connectivity index (χ0) is 13.0. The Labute approximate surface area is 111 Å². The zero-order valence-corrected chi connectivity index (χ0v) is 11.9. The van der Waals surface area contributed by atoms with Crippen LogP contribution in [0.15, 0.2) is 24.3 Å². The van der Waals surface area contributed by atoms with Gasteiger partial charge in [-0.15, -0.1) is 0 Å². The van der Waals surface area contributed by atoms with Crippen molar-refractivity contribution in [3.8, 4) is 0 Å². The summed E-state index contributed by atoms with van der Waals surface area (Å²) in [5, 5.41) is 0. The van der Waals surface area contributed by atoms with Gasteiger partial charge in [0.15, 0.2) is 0 Å². The van der Waals surface area contributed by atoms with Gasteiger partial charge in [-0.2, -0.15) is 0 Å². The fourth-order valence-electron chi connectivity index (χ4n) is 2.59. The van der Waals surface area contributed by atoms with Gasteiger partial charge in [-0.05, 0) is 37.3 Å². The molecule has 1 aliphatic heterocycles. The highest BCUT2D eigenvalue weighted by atomic mass is 16.5. The number of methoxy groups -OCH3 is 1. The molecule has 1 aliphatic rings. The molecule has 0 spiro atoms. The van der Waals surface area contributed by atoms with E-state index in [9.17, 15) is 0 Å². The molecular weight excluding hydrogens is 222 g/mol. The lowest BCUT2D eigenvalue weighted by molar-refractivity contribution is -0.0440. The molecule has 0 bridgehead atoms. The SMILES string of the molecule is CCc1cccc(CN2CCC(C)(OC)CC2)c1. The number of aryl methyl sites for hydroxylation is 1. The van der Waals surface area contributed by atoms with Crippen LogP contribution >= 0.6 is 0 Å². The Morgan fingerprint density at radius 1 is 1.22 bits per heavy atom. The van der Waals surface area contributed by atoms with Crippen LogP contribution in [0.25, 0.3) is 0 Å². The molecule has 0 amide bonds. The molecule has 100 valence electrons. The predicted octanol–water partition coefficient (Wildman–Crippen LogP) is 3.25. The van der Waals surface area contributed by atoms with Crippen molar-refractivity contribution in [3.63, 3.8) is 0 Å². The Morgan fingerprint density at radius 3 is 2.50 bits per heavy atom. The highest BCUT2D eigenvalue weighted by molar-refractivity contribution is 5.23. The van der Waals surface area contributed by atoms with Crippen molar-refractivity contribution in [1.29, 1.82) is 0 Å². The van der Waals surface area contributed by atoms with E-state index in [2.05, 4.69) is 43.0 Å². The topological polar surface area (TPSA) is 12.5 Å². The molecule has 0 aromatic heterocycles. The number of benzene rings is 1. The van der Waals surface area contributed by atoms with Crippen LogP contribution in [-0.2, 0) is 17.7 Å². The van der Waals surface area contributed by atoms with Crippen molar-refractivity contribution in [1.82, 2.24) is 4.90 Å². The van der Waals surface area contributed by atoms with Crippen LogP contribution < -0.4 is 0 Å². The first-order valence-electron chi connectivity index (χ1n) is 7.00. The number of piperidine rings is 1. The minimum atomic E-state index is 0.0990. The molecule has 1 aromatic carbocycles. The van der Waals surface area contributed by atoms with E-state index in [-0.39, 0.29) is 5.60 Å². The van der Waals surface area contributed by atoms with Crippen LogP contribution in [0, 0.1) is 0 Å². The summed E-state index contributed by atoms with van der Waals surface area (Å²) in [5.74, 6) is 0. The first-order valence-corrected chi connectivity index (χ1v) is 7.00. The van der Waals surface area contributed by atoms with Crippen molar-refractivity contribution in [2.75, 3.05) is 20.2 Å². The molecule has 1 fully saturated rings. The average Bonchev–Trinajstić information content (AvgIpc) is 2.42. The van der Waals surface area contributed by atoms with Crippen LogP contribution in [0.4, 0.5) is 0 Å². The van der Waals surface area contributed by atoms with E-state index in [0.717, 1.165) is 38.9 Å². The van der Waals surface area contributed by atoms with E-state index in [1.54, 1.807) is 0 Å². The lowest BCUT2D eigenvalue weighted by Gasteiger charge is -2.38. The summed E-state index contributed by atoms with van der Waals surface area (Å²) in [6.45, 7) is 7.79. The maximum Gasteiger partial charge on any atom is 0.0675 e. The molecule has 2 rings (SSSR count). The monoisotopic (exact) mass is 247 g/mol. The van der Waals surface area contributed by atoms with Crippen LogP contribution in [0.2, 0.25) is 0 Å². The summed E-state index contributed by atoms with van der Waals surface area (Å²) in [5.41, 5.74) is 2.98. The lowest BCUT2D eigenvalue weighted by atomic mass is 9.93. The van der Waals surface area contributed by atoms with Gasteiger partial charge < -0.3 is 4.74 Å². The van der Waals surface area contributed by atoms with E-state index >= 15 is 0 Å². The minimum Gasteiger partial charge on any atom is -0.378 e. The second-order valence-electron chi connectivity index (χ2n) is 5.60. The maximum atomic E-state index is 5.59. The standard InChI is InChI=1S/C16H25NO/c1-4-14-6-5-7-15(12-14)13-17-10-8-16(2,18-3)9-11-17/h5-7,12H,4,8-11,13H2,1-3H3. The minimum absolute atomic E-state index is 0.0990. The molecule has 1 heterocycles. The number of nitrogens with zero attached hydrogens (tertiary/aromatic N) is 1. The molecule has 0 unspecified atom stereocenters. The Bertz CT molecular complexity index is 380. The number of hydrogen-bond acceptors (Lipinski definition) is 2. The predicted molar refractivity (Wildman–Crippen MR) is 75.7 cm³/mol.